The van der Waals surface area contributed by atoms with Crippen LogP contribution >= 0.6 is 0 Å². The summed E-state index contributed by atoms with van der Waals surface area (Å²) in [6.07, 6.45) is -3.04. The first-order chi connectivity index (χ1) is 35.4. The summed E-state index contributed by atoms with van der Waals surface area (Å²) in [5.41, 5.74) is 3.23. The average molecular weight is 1020 g/mol. The predicted molar refractivity (Wildman–Crippen MR) is 262 cm³/mol. The number of rotatable bonds is 20. The second-order valence-corrected chi connectivity index (χ2v) is 18.9. The molecule has 74 heavy (non-hydrogen) atoms. The molecule has 20 heteroatoms. The number of pyridine rings is 1. The number of carboxylic acids is 2. The van der Waals surface area contributed by atoms with Crippen LogP contribution in [0, 0.1) is 19.8 Å². The van der Waals surface area contributed by atoms with Crippen LogP contribution in [-0.2, 0) is 41.6 Å². The molecule has 1 fully saturated rings. The third kappa shape index (κ3) is 10.7. The topological polar surface area (TPSA) is 219 Å². The Hall–Kier alpha value is -7.26. The maximum Gasteiger partial charge on any atom is 0.417 e. The number of aliphatic hydroxyl groups is 2. The van der Waals surface area contributed by atoms with Crippen molar-refractivity contribution in [1.82, 2.24) is 24.5 Å². The van der Waals surface area contributed by atoms with E-state index in [0.29, 0.717) is 88.9 Å². The summed E-state index contributed by atoms with van der Waals surface area (Å²) in [7, 11) is 4.47. The van der Waals surface area contributed by atoms with Gasteiger partial charge in [0, 0.05) is 28.9 Å². The molecule has 1 saturated carbocycles. The Morgan fingerprint density at radius 3 is 1.80 bits per heavy atom. The zero-order valence-electron chi connectivity index (χ0n) is 41.2. The van der Waals surface area contributed by atoms with E-state index in [4.69, 9.17) is 28.4 Å². The van der Waals surface area contributed by atoms with Crippen molar-refractivity contribution in [2.24, 2.45) is 5.92 Å². The molecule has 0 saturated heterocycles. The molecule has 2 aliphatic carbocycles. The predicted octanol–water partition coefficient (Wildman–Crippen LogP) is 8.49. The summed E-state index contributed by atoms with van der Waals surface area (Å²) in [6.45, 7) is 3.65. The number of aromatic nitrogens is 5. The summed E-state index contributed by atoms with van der Waals surface area (Å²) in [4.78, 5) is 28.4. The van der Waals surface area contributed by atoms with Crippen molar-refractivity contribution in [3.63, 3.8) is 0 Å². The number of methoxy groups -OCH3 is 3. The van der Waals surface area contributed by atoms with Gasteiger partial charge < -0.3 is 48.8 Å². The Bertz CT molecular complexity index is 3160. The van der Waals surface area contributed by atoms with Crippen LogP contribution in [0.1, 0.15) is 91.1 Å². The van der Waals surface area contributed by atoms with Gasteiger partial charge in [0.1, 0.15) is 64.0 Å². The summed E-state index contributed by atoms with van der Waals surface area (Å²) in [6, 6.07) is 17.8. The highest BCUT2D eigenvalue weighted by Crippen LogP contribution is 2.40. The minimum atomic E-state index is -4.80. The van der Waals surface area contributed by atoms with Gasteiger partial charge in [-0.15, -0.1) is 0 Å². The summed E-state index contributed by atoms with van der Waals surface area (Å²) >= 11 is 0. The van der Waals surface area contributed by atoms with Gasteiger partial charge in [0.15, 0.2) is 0 Å². The SMILES string of the molecule is COc1cc(C(O)C(Cn2cc3c(C(F)(F)F)ccc(C(=O)O)c3n2)OC2CCC(COc3cc(C(O)C(Cn4cc5nccc(C(=O)O)c5n4)OC4Cc5ccccc5C4)cc(OC)c3C)C2)cc(OC)c1C. The van der Waals surface area contributed by atoms with Crippen molar-refractivity contribution < 1.29 is 71.6 Å². The van der Waals surface area contributed by atoms with E-state index < -0.39 is 65.1 Å². The second kappa shape index (κ2) is 21.3. The molecule has 0 amide bonds. The Morgan fingerprint density at radius 1 is 0.703 bits per heavy atom. The molecule has 390 valence electrons. The first kappa shape index (κ1) is 51.6. The highest BCUT2D eigenvalue weighted by Gasteiger charge is 2.37. The van der Waals surface area contributed by atoms with Crippen LogP contribution in [0.5, 0.6) is 23.0 Å². The number of ether oxygens (including phenoxy) is 6. The molecule has 0 bridgehead atoms. The lowest BCUT2D eigenvalue weighted by molar-refractivity contribution is -0.136. The Labute approximate surface area is 423 Å². The number of carbonyl (C=O) groups is 2. The van der Waals surface area contributed by atoms with E-state index in [9.17, 15) is 43.2 Å². The van der Waals surface area contributed by atoms with Gasteiger partial charge in [-0.2, -0.15) is 23.4 Å². The largest absolute Gasteiger partial charge is 0.496 e. The fraction of sp³-hybridized carbons (Fsp3) is 0.389. The van der Waals surface area contributed by atoms with Crippen molar-refractivity contribution in [3.8, 4) is 23.0 Å². The minimum Gasteiger partial charge on any atom is -0.496 e. The molecule has 3 aromatic heterocycles. The number of benzene rings is 4. The van der Waals surface area contributed by atoms with Crippen LogP contribution < -0.4 is 18.9 Å². The van der Waals surface area contributed by atoms with Crippen molar-refractivity contribution >= 4 is 33.9 Å². The number of nitrogens with zero attached hydrogens (tertiary/aromatic N) is 5. The first-order valence-electron chi connectivity index (χ1n) is 24.1. The number of fused-ring (bicyclic) bond motifs is 3. The molecule has 0 aliphatic heterocycles. The molecule has 4 N–H and O–H groups in total. The molecule has 0 spiro atoms. The zero-order chi connectivity index (χ0) is 52.6. The summed E-state index contributed by atoms with van der Waals surface area (Å²) in [5, 5.41) is 52.5. The molecular weight excluding hydrogens is 968 g/mol. The molecule has 7 aromatic rings. The molecule has 0 radical (unpaired) electrons. The van der Waals surface area contributed by atoms with Crippen LogP contribution in [-0.4, -0.2) is 109 Å². The van der Waals surface area contributed by atoms with Crippen molar-refractivity contribution in [1.29, 1.82) is 0 Å². The number of carboxylic acid groups (broad SMARTS) is 2. The van der Waals surface area contributed by atoms with Gasteiger partial charge in [0.25, 0.3) is 0 Å². The number of halogens is 3. The molecule has 17 nitrogen and oxygen atoms in total. The maximum atomic E-state index is 14.2. The van der Waals surface area contributed by atoms with Crippen molar-refractivity contribution in [3.05, 3.63) is 135 Å². The van der Waals surface area contributed by atoms with E-state index in [1.54, 1.807) is 37.4 Å². The van der Waals surface area contributed by atoms with Gasteiger partial charge >= 0.3 is 18.1 Å². The number of hydrogen-bond donors (Lipinski definition) is 4. The first-order valence-corrected chi connectivity index (χ1v) is 24.1. The summed E-state index contributed by atoms with van der Waals surface area (Å²) in [5.74, 6) is -0.891. The van der Waals surface area contributed by atoms with E-state index in [1.165, 1.54) is 43.0 Å². The quantitative estimate of drug-likeness (QED) is 0.0563. The van der Waals surface area contributed by atoms with Crippen molar-refractivity contribution in [2.45, 2.75) is 102 Å². The van der Waals surface area contributed by atoms with E-state index >= 15 is 0 Å². The lowest BCUT2D eigenvalue weighted by atomic mass is 10.0. The average Bonchev–Trinajstić information content (AvgIpc) is 4.20. The number of alkyl halides is 3. The minimum absolute atomic E-state index is 0.00318. The second-order valence-electron chi connectivity index (χ2n) is 18.9. The molecular formula is C54H56F3N5O12. The van der Waals surface area contributed by atoms with Crippen molar-refractivity contribution in [2.75, 3.05) is 27.9 Å². The Morgan fingerprint density at radius 2 is 1.23 bits per heavy atom. The molecule has 3 heterocycles. The smallest absolute Gasteiger partial charge is 0.417 e. The maximum absolute atomic E-state index is 14.2. The van der Waals surface area contributed by atoms with E-state index in [-0.39, 0.29) is 48.3 Å². The number of aromatic carboxylic acids is 2. The molecule has 2 aliphatic rings. The highest BCUT2D eigenvalue weighted by atomic mass is 19.4. The van der Waals surface area contributed by atoms with Crippen LogP contribution in [0.25, 0.3) is 21.9 Å². The third-order valence-corrected chi connectivity index (χ3v) is 14.1. The van der Waals surface area contributed by atoms with Crippen LogP contribution in [0.4, 0.5) is 13.2 Å². The molecule has 9 rings (SSSR count). The van der Waals surface area contributed by atoms with E-state index in [0.717, 1.165) is 23.4 Å². The van der Waals surface area contributed by atoms with Gasteiger partial charge in [-0.05, 0) is 117 Å². The Balaban J connectivity index is 0.950. The highest BCUT2D eigenvalue weighted by molar-refractivity contribution is 6.03. The summed E-state index contributed by atoms with van der Waals surface area (Å²) < 4.78 is 82.1. The van der Waals surface area contributed by atoms with Gasteiger partial charge in [-0.25, -0.2) is 9.59 Å². The standard InChI is InChI=1S/C54H56F3N5O12/c1-28-42(69-3)19-33(20-43(28)70-4)50(63)46(25-61-23-39-40(54(55,56)57)13-12-37(52(65)66)48(39)59-61)73-35-11-10-30(16-35)27-72-45-22-34(21-44(71-5)29(45)2)51(64)47(74-36-17-31-8-6-7-9-32(31)18-36)26-62-24-41-49(60-62)38(53(67)68)14-15-58-41/h6-9,12-15,19-24,30,35-36,46-47,50-51,63-64H,10-11,16-18,25-27H2,1-5H3,(H,65,66)(H,67,68). The van der Waals surface area contributed by atoms with Crippen LogP contribution in [0.2, 0.25) is 0 Å². The zero-order valence-corrected chi connectivity index (χ0v) is 41.2. The van der Waals surface area contributed by atoms with Gasteiger partial charge in [0.05, 0.1) is 76.1 Å². The van der Waals surface area contributed by atoms with Gasteiger partial charge in [-0.3, -0.25) is 14.3 Å². The fourth-order valence-electron chi connectivity index (χ4n) is 10.2. The number of aliphatic hydroxyl groups excluding tert-OH is 2. The van der Waals surface area contributed by atoms with Crippen LogP contribution in [0.3, 0.4) is 0 Å². The molecule has 4 aromatic carbocycles. The monoisotopic (exact) mass is 1020 g/mol. The lowest BCUT2D eigenvalue weighted by Crippen LogP contribution is -2.32. The normalized spacial score (nSPS) is 17.5. The molecule has 6 atom stereocenters. The lowest BCUT2D eigenvalue weighted by Gasteiger charge is -2.28. The van der Waals surface area contributed by atoms with E-state index in [1.807, 2.05) is 19.1 Å². The van der Waals surface area contributed by atoms with Crippen LogP contribution in [0.15, 0.2) is 85.3 Å². The fourth-order valence-corrected chi connectivity index (χ4v) is 10.2. The van der Waals surface area contributed by atoms with E-state index in [2.05, 4.69) is 27.3 Å². The third-order valence-electron chi connectivity index (χ3n) is 14.1. The molecule has 6 unspecified atom stereocenters. The number of hydrogen-bond acceptors (Lipinski definition) is 13. The van der Waals surface area contributed by atoms with Gasteiger partial charge in [0.2, 0.25) is 0 Å². The Kier molecular flexibility index (Phi) is 14.9. The van der Waals surface area contributed by atoms with Gasteiger partial charge in [-0.1, -0.05) is 24.3 Å².